The zero-order chi connectivity index (χ0) is 13.2. The normalized spacial score (nSPS) is 22.0. The number of hydrogen-bond donors (Lipinski definition) is 1. The van der Waals surface area contributed by atoms with Crippen molar-refractivity contribution in [3.63, 3.8) is 0 Å². The van der Waals surface area contributed by atoms with Gasteiger partial charge in [-0.1, -0.05) is 18.2 Å². The van der Waals surface area contributed by atoms with Crippen LogP contribution in [0.5, 0.6) is 0 Å². The number of rotatable bonds is 3. The van der Waals surface area contributed by atoms with Crippen LogP contribution in [0, 0.1) is 6.92 Å². The number of aryl methyl sites for hydroxylation is 1. The maximum absolute atomic E-state index is 12.5. The average Bonchev–Trinajstić information content (AvgIpc) is 2.39. The van der Waals surface area contributed by atoms with Crippen molar-refractivity contribution in [3.05, 3.63) is 29.8 Å². The molecule has 0 radical (unpaired) electrons. The number of sulfonamides is 1. The van der Waals surface area contributed by atoms with Gasteiger partial charge in [0.2, 0.25) is 10.0 Å². The molecule has 0 amide bonds. The van der Waals surface area contributed by atoms with E-state index in [1.807, 2.05) is 6.07 Å². The van der Waals surface area contributed by atoms with Crippen molar-refractivity contribution in [2.24, 2.45) is 0 Å². The summed E-state index contributed by atoms with van der Waals surface area (Å²) in [6, 6.07) is 6.90. The van der Waals surface area contributed by atoms with Crippen LogP contribution in [0.4, 0.5) is 0 Å². The second-order valence-corrected chi connectivity index (χ2v) is 6.21. The number of morpholine rings is 1. The van der Waals surface area contributed by atoms with E-state index in [1.54, 1.807) is 25.1 Å². The average molecular weight is 271 g/mol. The van der Waals surface area contributed by atoms with Gasteiger partial charge in [0.05, 0.1) is 24.2 Å². The summed E-state index contributed by atoms with van der Waals surface area (Å²) in [5, 5.41) is 9.05. The van der Waals surface area contributed by atoms with E-state index >= 15 is 0 Å². The Hall–Kier alpha value is -0.950. The standard InChI is InChI=1S/C12H17NO4S/c1-10-4-2-3-5-12(10)18(15,16)13-6-7-17-11(8-13)9-14/h2-5,11,14H,6-9H2,1H3. The number of ether oxygens (including phenoxy) is 1. The molecule has 1 aromatic carbocycles. The molecule has 1 saturated heterocycles. The van der Waals surface area contributed by atoms with Gasteiger partial charge < -0.3 is 9.84 Å². The third kappa shape index (κ3) is 2.56. The summed E-state index contributed by atoms with van der Waals surface area (Å²) in [5.41, 5.74) is 0.726. The van der Waals surface area contributed by atoms with Crippen molar-refractivity contribution in [2.45, 2.75) is 17.9 Å². The van der Waals surface area contributed by atoms with E-state index < -0.39 is 16.1 Å². The highest BCUT2D eigenvalue weighted by atomic mass is 32.2. The van der Waals surface area contributed by atoms with Crippen LogP contribution in [0.2, 0.25) is 0 Å². The van der Waals surface area contributed by atoms with E-state index in [-0.39, 0.29) is 13.2 Å². The van der Waals surface area contributed by atoms with Crippen LogP contribution in [0.1, 0.15) is 5.56 Å². The molecule has 1 fully saturated rings. The summed E-state index contributed by atoms with van der Waals surface area (Å²) < 4.78 is 31.6. The molecule has 1 aliphatic rings. The van der Waals surface area contributed by atoms with Crippen LogP contribution in [0.15, 0.2) is 29.2 Å². The molecule has 18 heavy (non-hydrogen) atoms. The van der Waals surface area contributed by atoms with Crippen LogP contribution in [-0.2, 0) is 14.8 Å². The van der Waals surface area contributed by atoms with Crippen molar-refractivity contribution in [3.8, 4) is 0 Å². The Bertz CT molecular complexity index is 515. The van der Waals surface area contributed by atoms with Gasteiger partial charge in [0.1, 0.15) is 0 Å². The maximum Gasteiger partial charge on any atom is 0.243 e. The van der Waals surface area contributed by atoms with Gasteiger partial charge in [-0.15, -0.1) is 0 Å². The Morgan fingerprint density at radius 1 is 1.44 bits per heavy atom. The third-order valence-corrected chi connectivity index (χ3v) is 5.04. The Morgan fingerprint density at radius 2 is 2.17 bits per heavy atom. The number of aliphatic hydroxyl groups is 1. The summed E-state index contributed by atoms with van der Waals surface area (Å²) in [4.78, 5) is 0.323. The number of hydrogen-bond acceptors (Lipinski definition) is 4. The number of aliphatic hydroxyl groups excluding tert-OH is 1. The lowest BCUT2D eigenvalue weighted by Gasteiger charge is -2.31. The lowest BCUT2D eigenvalue weighted by Crippen LogP contribution is -2.46. The highest BCUT2D eigenvalue weighted by Crippen LogP contribution is 2.21. The molecule has 0 aromatic heterocycles. The van der Waals surface area contributed by atoms with Gasteiger partial charge >= 0.3 is 0 Å². The molecule has 2 rings (SSSR count). The molecule has 1 atom stereocenters. The minimum absolute atomic E-state index is 0.167. The fraction of sp³-hybridized carbons (Fsp3) is 0.500. The molecule has 5 nitrogen and oxygen atoms in total. The summed E-state index contributed by atoms with van der Waals surface area (Å²) in [5.74, 6) is 0. The highest BCUT2D eigenvalue weighted by molar-refractivity contribution is 7.89. The molecule has 0 bridgehead atoms. The topological polar surface area (TPSA) is 66.8 Å². The van der Waals surface area contributed by atoms with Gasteiger partial charge in [-0.25, -0.2) is 8.42 Å². The van der Waals surface area contributed by atoms with Crippen LogP contribution >= 0.6 is 0 Å². The smallest absolute Gasteiger partial charge is 0.243 e. The van der Waals surface area contributed by atoms with Gasteiger partial charge in [-0.2, -0.15) is 4.31 Å². The summed E-state index contributed by atoms with van der Waals surface area (Å²) >= 11 is 0. The van der Waals surface area contributed by atoms with E-state index in [2.05, 4.69) is 0 Å². The van der Waals surface area contributed by atoms with Crippen LogP contribution in [-0.4, -0.2) is 50.2 Å². The second kappa shape index (κ2) is 5.36. The molecular formula is C12H17NO4S. The summed E-state index contributed by atoms with van der Waals surface area (Å²) in [6.07, 6.45) is -0.433. The highest BCUT2D eigenvalue weighted by Gasteiger charge is 2.31. The van der Waals surface area contributed by atoms with Gasteiger partial charge in [0.25, 0.3) is 0 Å². The minimum Gasteiger partial charge on any atom is -0.394 e. The monoisotopic (exact) mass is 271 g/mol. The zero-order valence-corrected chi connectivity index (χ0v) is 11.1. The van der Waals surface area contributed by atoms with Crippen molar-refractivity contribution in [1.29, 1.82) is 0 Å². The maximum atomic E-state index is 12.5. The quantitative estimate of drug-likeness (QED) is 0.863. The fourth-order valence-electron chi connectivity index (χ4n) is 2.01. The van der Waals surface area contributed by atoms with Gasteiger partial charge in [-0.3, -0.25) is 0 Å². The molecule has 0 saturated carbocycles. The lowest BCUT2D eigenvalue weighted by molar-refractivity contribution is -0.0304. The van der Waals surface area contributed by atoms with E-state index in [4.69, 9.17) is 9.84 Å². The largest absolute Gasteiger partial charge is 0.394 e. The van der Waals surface area contributed by atoms with Gasteiger partial charge in [-0.05, 0) is 18.6 Å². The van der Waals surface area contributed by atoms with Crippen molar-refractivity contribution < 1.29 is 18.3 Å². The van der Waals surface area contributed by atoms with E-state index in [0.717, 1.165) is 5.56 Å². The Balaban J connectivity index is 2.29. The summed E-state index contributed by atoms with van der Waals surface area (Å²) in [7, 11) is -3.49. The van der Waals surface area contributed by atoms with Crippen molar-refractivity contribution in [2.75, 3.05) is 26.3 Å². The van der Waals surface area contributed by atoms with E-state index in [1.165, 1.54) is 4.31 Å². The first-order chi connectivity index (χ1) is 8.55. The molecule has 0 spiro atoms. The first-order valence-corrected chi connectivity index (χ1v) is 7.28. The molecule has 1 N–H and O–H groups in total. The van der Waals surface area contributed by atoms with Crippen molar-refractivity contribution in [1.82, 2.24) is 4.31 Å². The molecular weight excluding hydrogens is 254 g/mol. The first-order valence-electron chi connectivity index (χ1n) is 5.84. The Kier molecular flexibility index (Phi) is 4.01. The van der Waals surface area contributed by atoms with Gasteiger partial charge in [0.15, 0.2) is 0 Å². The molecule has 1 unspecified atom stereocenters. The Labute approximate surface area is 107 Å². The molecule has 6 heteroatoms. The first kappa shape index (κ1) is 13.5. The molecule has 1 aromatic rings. The fourth-order valence-corrected chi connectivity index (χ4v) is 3.69. The van der Waals surface area contributed by atoms with Crippen molar-refractivity contribution >= 4 is 10.0 Å². The predicted molar refractivity (Wildman–Crippen MR) is 66.8 cm³/mol. The van der Waals surface area contributed by atoms with Crippen LogP contribution in [0.3, 0.4) is 0 Å². The SMILES string of the molecule is Cc1ccccc1S(=O)(=O)N1CCOC(CO)C1. The van der Waals surface area contributed by atoms with Gasteiger partial charge in [0, 0.05) is 13.1 Å². The summed E-state index contributed by atoms with van der Waals surface area (Å²) in [6.45, 7) is 2.45. The predicted octanol–water partition coefficient (Wildman–Crippen LogP) is 0.377. The zero-order valence-electron chi connectivity index (χ0n) is 10.2. The number of benzene rings is 1. The van der Waals surface area contributed by atoms with Crippen LogP contribution in [0.25, 0.3) is 0 Å². The third-order valence-electron chi connectivity index (χ3n) is 3.02. The number of nitrogens with zero attached hydrogens (tertiary/aromatic N) is 1. The van der Waals surface area contributed by atoms with E-state index in [0.29, 0.717) is 18.0 Å². The molecule has 1 heterocycles. The second-order valence-electron chi connectivity index (χ2n) is 4.30. The Morgan fingerprint density at radius 3 is 2.83 bits per heavy atom. The minimum atomic E-state index is -3.49. The molecule has 0 aliphatic carbocycles. The molecule has 1 aliphatic heterocycles. The lowest BCUT2D eigenvalue weighted by atomic mass is 10.2. The van der Waals surface area contributed by atoms with E-state index in [9.17, 15) is 8.42 Å². The molecule has 100 valence electrons. The van der Waals surface area contributed by atoms with Crippen LogP contribution < -0.4 is 0 Å².